The third-order valence-electron chi connectivity index (χ3n) is 3.89. The highest BCUT2D eigenvalue weighted by Gasteiger charge is 2.11. The fourth-order valence-electron chi connectivity index (χ4n) is 2.45. The smallest absolute Gasteiger partial charge is 0.337 e. The van der Waals surface area contributed by atoms with Crippen molar-refractivity contribution in [3.8, 4) is 11.3 Å². The lowest BCUT2D eigenvalue weighted by Gasteiger charge is -2.00. The van der Waals surface area contributed by atoms with Gasteiger partial charge < -0.3 is 9.15 Å². The maximum absolute atomic E-state index is 12.0. The molecule has 1 aromatic heterocycles. The van der Waals surface area contributed by atoms with Crippen LogP contribution in [0.15, 0.2) is 70.2 Å². The van der Waals surface area contributed by atoms with Gasteiger partial charge in [-0.2, -0.15) is 5.10 Å². The van der Waals surface area contributed by atoms with Gasteiger partial charge in [-0.3, -0.25) is 14.9 Å². The fourth-order valence-corrected chi connectivity index (χ4v) is 2.45. The average molecular weight is 393 g/mol. The van der Waals surface area contributed by atoms with E-state index >= 15 is 0 Å². The first-order chi connectivity index (χ1) is 14.0. The number of hydrazone groups is 1. The molecule has 0 aliphatic heterocycles. The van der Waals surface area contributed by atoms with Gasteiger partial charge >= 0.3 is 5.97 Å². The zero-order valence-corrected chi connectivity index (χ0v) is 15.2. The first-order valence-corrected chi connectivity index (χ1v) is 8.34. The van der Waals surface area contributed by atoms with E-state index in [1.54, 1.807) is 36.4 Å². The van der Waals surface area contributed by atoms with E-state index < -0.39 is 16.8 Å². The van der Waals surface area contributed by atoms with Gasteiger partial charge in [0, 0.05) is 23.3 Å². The van der Waals surface area contributed by atoms with Crippen LogP contribution in [0.2, 0.25) is 0 Å². The highest BCUT2D eigenvalue weighted by atomic mass is 16.6. The number of rotatable bonds is 6. The number of furan rings is 1. The number of non-ortho nitro benzene ring substituents is 1. The molecule has 9 heteroatoms. The van der Waals surface area contributed by atoms with Gasteiger partial charge in [0.05, 0.1) is 23.8 Å². The van der Waals surface area contributed by atoms with Crippen LogP contribution in [0.1, 0.15) is 26.5 Å². The number of nitro groups is 1. The van der Waals surface area contributed by atoms with Gasteiger partial charge in [0.25, 0.3) is 11.6 Å². The molecule has 3 aromatic rings. The van der Waals surface area contributed by atoms with E-state index in [1.165, 1.54) is 31.5 Å². The minimum absolute atomic E-state index is 0.113. The molecule has 0 saturated heterocycles. The minimum Gasteiger partial charge on any atom is -0.465 e. The molecule has 0 aliphatic carbocycles. The highest BCUT2D eigenvalue weighted by molar-refractivity contribution is 5.95. The molecule has 1 amide bonds. The van der Waals surface area contributed by atoms with Crippen molar-refractivity contribution in [1.29, 1.82) is 0 Å². The summed E-state index contributed by atoms with van der Waals surface area (Å²) in [7, 11) is 1.31. The first kappa shape index (κ1) is 19.5. The van der Waals surface area contributed by atoms with Gasteiger partial charge in [0.1, 0.15) is 11.5 Å². The first-order valence-electron chi connectivity index (χ1n) is 8.34. The minimum atomic E-state index is -0.588. The van der Waals surface area contributed by atoms with Crippen LogP contribution in [0.25, 0.3) is 11.3 Å². The Bertz CT molecular complexity index is 1090. The topological polar surface area (TPSA) is 124 Å². The summed E-state index contributed by atoms with van der Waals surface area (Å²) in [6.07, 6.45) is 1.31. The monoisotopic (exact) mass is 393 g/mol. The van der Waals surface area contributed by atoms with E-state index in [1.807, 2.05) is 0 Å². The van der Waals surface area contributed by atoms with Crippen LogP contribution in [-0.4, -0.2) is 30.1 Å². The molecular weight excluding hydrogens is 378 g/mol. The van der Waals surface area contributed by atoms with Crippen molar-refractivity contribution in [3.05, 3.63) is 87.7 Å². The number of hydrogen-bond acceptors (Lipinski definition) is 7. The molecule has 146 valence electrons. The predicted octanol–water partition coefficient (Wildman–Crippen LogP) is 3.41. The number of ether oxygens (including phenoxy) is 1. The SMILES string of the molecule is COC(=O)c1ccc(-c2ccc(/C=N\NC(=O)c3cccc([N+](=O)[O-])c3)o2)cc1. The zero-order valence-electron chi connectivity index (χ0n) is 15.2. The summed E-state index contributed by atoms with van der Waals surface area (Å²) in [5.41, 5.74) is 3.39. The molecule has 0 spiro atoms. The zero-order chi connectivity index (χ0) is 20.8. The number of methoxy groups -OCH3 is 1. The van der Waals surface area contributed by atoms with Crippen molar-refractivity contribution in [3.63, 3.8) is 0 Å². The molecule has 0 unspecified atom stereocenters. The second-order valence-corrected chi connectivity index (χ2v) is 5.78. The van der Waals surface area contributed by atoms with Crippen LogP contribution in [0.5, 0.6) is 0 Å². The van der Waals surface area contributed by atoms with E-state index in [0.717, 1.165) is 11.6 Å². The van der Waals surface area contributed by atoms with Gasteiger partial charge in [0.15, 0.2) is 0 Å². The Kier molecular flexibility index (Phi) is 5.79. The van der Waals surface area contributed by atoms with Crippen LogP contribution in [0.4, 0.5) is 5.69 Å². The maximum atomic E-state index is 12.0. The Balaban J connectivity index is 1.64. The van der Waals surface area contributed by atoms with Crippen LogP contribution < -0.4 is 5.43 Å². The number of carbonyl (C=O) groups excluding carboxylic acids is 2. The van der Waals surface area contributed by atoms with Gasteiger partial charge in [-0.05, 0) is 30.3 Å². The summed E-state index contributed by atoms with van der Waals surface area (Å²) < 4.78 is 10.3. The molecule has 1 heterocycles. The quantitative estimate of drug-likeness (QED) is 0.296. The second-order valence-electron chi connectivity index (χ2n) is 5.78. The number of hydrogen-bond donors (Lipinski definition) is 1. The second kappa shape index (κ2) is 8.61. The molecule has 0 radical (unpaired) electrons. The Morgan fingerprint density at radius 1 is 1.10 bits per heavy atom. The maximum Gasteiger partial charge on any atom is 0.337 e. The Morgan fingerprint density at radius 3 is 2.55 bits per heavy atom. The number of carbonyl (C=O) groups is 2. The molecule has 0 aliphatic rings. The number of benzene rings is 2. The van der Waals surface area contributed by atoms with Gasteiger partial charge in [-0.25, -0.2) is 10.2 Å². The van der Waals surface area contributed by atoms with E-state index in [9.17, 15) is 19.7 Å². The van der Waals surface area contributed by atoms with Crippen LogP contribution in [0, 0.1) is 10.1 Å². The molecule has 9 nitrogen and oxygen atoms in total. The summed E-state index contributed by atoms with van der Waals surface area (Å²) in [5.74, 6) is -0.0808. The molecule has 0 saturated carbocycles. The summed E-state index contributed by atoms with van der Waals surface area (Å²) in [6.45, 7) is 0. The number of nitrogens with one attached hydrogen (secondary N) is 1. The molecule has 29 heavy (non-hydrogen) atoms. The molecule has 0 atom stereocenters. The number of amides is 1. The molecule has 3 rings (SSSR count). The Labute approximate surface area is 164 Å². The Hall–Kier alpha value is -4.27. The van der Waals surface area contributed by atoms with Crippen LogP contribution in [-0.2, 0) is 4.74 Å². The van der Waals surface area contributed by atoms with Crippen LogP contribution in [0.3, 0.4) is 0 Å². The lowest BCUT2D eigenvalue weighted by Crippen LogP contribution is -2.17. The molecule has 0 fully saturated rings. The van der Waals surface area contributed by atoms with Crippen molar-refractivity contribution < 1.29 is 23.7 Å². The summed E-state index contributed by atoms with van der Waals surface area (Å²) in [6, 6.07) is 15.4. The number of esters is 1. The summed E-state index contributed by atoms with van der Waals surface area (Å²) >= 11 is 0. The lowest BCUT2D eigenvalue weighted by molar-refractivity contribution is -0.384. The molecular formula is C20H15N3O6. The van der Waals surface area contributed by atoms with Gasteiger partial charge in [-0.1, -0.05) is 18.2 Å². The third kappa shape index (κ3) is 4.72. The van der Waals surface area contributed by atoms with E-state index in [4.69, 9.17) is 4.42 Å². The number of nitro benzene ring substituents is 1. The van der Waals surface area contributed by atoms with Crippen molar-refractivity contribution in [2.75, 3.05) is 7.11 Å². The normalized spacial score (nSPS) is 10.7. The van der Waals surface area contributed by atoms with E-state index in [-0.39, 0.29) is 11.3 Å². The van der Waals surface area contributed by atoms with Gasteiger partial charge in [0.2, 0.25) is 0 Å². The van der Waals surface area contributed by atoms with Crippen molar-refractivity contribution in [2.24, 2.45) is 5.10 Å². The summed E-state index contributed by atoms with van der Waals surface area (Å²) in [4.78, 5) is 33.7. The van der Waals surface area contributed by atoms with Crippen molar-refractivity contribution in [2.45, 2.75) is 0 Å². The molecule has 2 aromatic carbocycles. The van der Waals surface area contributed by atoms with E-state index in [2.05, 4.69) is 15.3 Å². The average Bonchev–Trinajstić information content (AvgIpc) is 3.22. The van der Waals surface area contributed by atoms with E-state index in [0.29, 0.717) is 17.1 Å². The third-order valence-corrected chi connectivity index (χ3v) is 3.89. The van der Waals surface area contributed by atoms with Crippen LogP contribution >= 0.6 is 0 Å². The highest BCUT2D eigenvalue weighted by Crippen LogP contribution is 2.22. The lowest BCUT2D eigenvalue weighted by atomic mass is 10.1. The Morgan fingerprint density at radius 2 is 1.86 bits per heavy atom. The number of nitrogens with zero attached hydrogens (tertiary/aromatic N) is 2. The molecule has 0 bridgehead atoms. The predicted molar refractivity (Wildman–Crippen MR) is 104 cm³/mol. The summed E-state index contributed by atoms with van der Waals surface area (Å²) in [5, 5.41) is 14.6. The largest absolute Gasteiger partial charge is 0.465 e. The molecule has 1 N–H and O–H groups in total. The fraction of sp³-hybridized carbons (Fsp3) is 0.0500. The standard InChI is InChI=1S/C20H15N3O6/c1-28-20(25)14-7-5-13(6-8-14)18-10-9-17(29-18)12-21-22-19(24)15-3-2-4-16(11-15)23(26)27/h2-12H,1H3,(H,22,24)/b21-12-. The van der Waals surface area contributed by atoms with Crippen molar-refractivity contribution in [1.82, 2.24) is 5.43 Å². The van der Waals surface area contributed by atoms with Gasteiger partial charge in [-0.15, -0.1) is 0 Å². The van der Waals surface area contributed by atoms with Crippen molar-refractivity contribution >= 4 is 23.8 Å².